The van der Waals surface area contributed by atoms with Crippen molar-refractivity contribution in [3.8, 4) is 0 Å². The fourth-order valence-corrected chi connectivity index (χ4v) is 2.08. The number of nitrogens with one attached hydrogen (secondary N) is 1. The summed E-state index contributed by atoms with van der Waals surface area (Å²) >= 11 is 0. The zero-order chi connectivity index (χ0) is 13.2. The third-order valence-electron chi connectivity index (χ3n) is 3.15. The second-order valence-corrected chi connectivity index (χ2v) is 4.54. The number of rotatable bonds is 4. The molecule has 7 nitrogen and oxygen atoms in total. The van der Waals surface area contributed by atoms with Crippen LogP contribution >= 0.6 is 0 Å². The Hall–Kier alpha value is -2.15. The average Bonchev–Trinajstić information content (AvgIpc) is 3.04. The molecule has 3 rings (SSSR count). The summed E-state index contributed by atoms with van der Waals surface area (Å²) in [5.74, 6) is 0.462. The molecule has 0 saturated carbocycles. The van der Waals surface area contributed by atoms with Gasteiger partial charge in [-0.2, -0.15) is 4.98 Å². The Morgan fingerprint density at radius 2 is 2.42 bits per heavy atom. The number of aromatic nitrogens is 1. The van der Waals surface area contributed by atoms with E-state index in [2.05, 4.69) is 10.3 Å². The molecule has 1 N–H and O–H groups in total. The minimum atomic E-state index is -0.447. The molecule has 1 saturated heterocycles. The van der Waals surface area contributed by atoms with Gasteiger partial charge in [-0.25, -0.2) is 0 Å². The van der Waals surface area contributed by atoms with Gasteiger partial charge in [-0.05, 0) is 12.5 Å². The van der Waals surface area contributed by atoms with Gasteiger partial charge in [0.25, 0.3) is 11.7 Å². The SMILES string of the molecule is O=[N+]([O-])c1ccc2oc(NCC3CCOC3)nc2c1. The molecular weight excluding hydrogens is 250 g/mol. The smallest absolute Gasteiger partial charge is 0.295 e. The Balaban J connectivity index is 1.75. The molecule has 1 atom stereocenters. The topological polar surface area (TPSA) is 90.4 Å². The van der Waals surface area contributed by atoms with Crippen molar-refractivity contribution >= 4 is 22.8 Å². The Labute approximate surface area is 108 Å². The van der Waals surface area contributed by atoms with Gasteiger partial charge >= 0.3 is 0 Å². The van der Waals surface area contributed by atoms with Crippen molar-refractivity contribution in [2.45, 2.75) is 6.42 Å². The Kier molecular flexibility index (Phi) is 3.04. The van der Waals surface area contributed by atoms with E-state index in [-0.39, 0.29) is 5.69 Å². The largest absolute Gasteiger partial charge is 0.424 e. The lowest BCUT2D eigenvalue weighted by atomic mass is 10.1. The molecule has 1 fully saturated rings. The van der Waals surface area contributed by atoms with Crippen molar-refractivity contribution < 1.29 is 14.1 Å². The minimum Gasteiger partial charge on any atom is -0.424 e. The van der Waals surface area contributed by atoms with E-state index >= 15 is 0 Å². The summed E-state index contributed by atoms with van der Waals surface area (Å²) < 4.78 is 10.8. The van der Waals surface area contributed by atoms with Crippen LogP contribution in [0.1, 0.15) is 6.42 Å². The molecule has 1 aliphatic rings. The Morgan fingerprint density at radius 1 is 1.53 bits per heavy atom. The Bertz CT molecular complexity index is 604. The van der Waals surface area contributed by atoms with Gasteiger partial charge in [-0.1, -0.05) is 0 Å². The first-order chi connectivity index (χ1) is 9.22. The standard InChI is InChI=1S/C12H13N3O4/c16-15(17)9-1-2-11-10(5-9)14-12(19-11)13-6-8-3-4-18-7-8/h1-2,5,8H,3-4,6-7H2,(H,13,14). The summed E-state index contributed by atoms with van der Waals surface area (Å²) in [6.45, 7) is 2.28. The lowest BCUT2D eigenvalue weighted by molar-refractivity contribution is -0.384. The summed E-state index contributed by atoms with van der Waals surface area (Å²) in [4.78, 5) is 14.4. The fourth-order valence-electron chi connectivity index (χ4n) is 2.08. The number of benzene rings is 1. The molecule has 100 valence electrons. The van der Waals surface area contributed by atoms with Crippen LogP contribution in [0.4, 0.5) is 11.7 Å². The number of nitrogens with zero attached hydrogens (tertiary/aromatic N) is 2. The second-order valence-electron chi connectivity index (χ2n) is 4.54. The molecule has 7 heteroatoms. The number of hydrogen-bond donors (Lipinski definition) is 1. The van der Waals surface area contributed by atoms with Crippen molar-refractivity contribution in [2.75, 3.05) is 25.1 Å². The van der Waals surface area contributed by atoms with E-state index in [4.69, 9.17) is 9.15 Å². The zero-order valence-corrected chi connectivity index (χ0v) is 10.2. The van der Waals surface area contributed by atoms with Crippen LogP contribution < -0.4 is 5.32 Å². The lowest BCUT2D eigenvalue weighted by Gasteiger charge is -2.06. The molecular formula is C12H13N3O4. The predicted molar refractivity (Wildman–Crippen MR) is 68.1 cm³/mol. The van der Waals surface area contributed by atoms with Gasteiger partial charge in [0.2, 0.25) is 0 Å². The van der Waals surface area contributed by atoms with Gasteiger partial charge in [-0.15, -0.1) is 0 Å². The van der Waals surface area contributed by atoms with Crippen LogP contribution in [0.3, 0.4) is 0 Å². The molecule has 0 radical (unpaired) electrons. The summed E-state index contributed by atoms with van der Waals surface area (Å²) in [5, 5.41) is 13.8. The van der Waals surface area contributed by atoms with E-state index in [0.717, 1.165) is 26.2 Å². The van der Waals surface area contributed by atoms with E-state index < -0.39 is 4.92 Å². The first-order valence-corrected chi connectivity index (χ1v) is 6.09. The highest BCUT2D eigenvalue weighted by Crippen LogP contribution is 2.24. The van der Waals surface area contributed by atoms with Crippen LogP contribution in [0, 0.1) is 16.0 Å². The number of ether oxygens (including phenoxy) is 1. The summed E-state index contributed by atoms with van der Waals surface area (Å²) in [6, 6.07) is 4.76. The van der Waals surface area contributed by atoms with Gasteiger partial charge in [0.05, 0.1) is 11.5 Å². The number of oxazole rings is 1. The molecule has 1 aliphatic heterocycles. The molecule has 0 bridgehead atoms. The van der Waals surface area contributed by atoms with Crippen molar-refractivity contribution in [3.63, 3.8) is 0 Å². The summed E-state index contributed by atoms with van der Waals surface area (Å²) in [5.41, 5.74) is 1.03. The first-order valence-electron chi connectivity index (χ1n) is 6.09. The maximum Gasteiger partial charge on any atom is 0.295 e. The molecule has 19 heavy (non-hydrogen) atoms. The third kappa shape index (κ3) is 2.50. The molecule has 0 spiro atoms. The molecule has 0 aliphatic carbocycles. The minimum absolute atomic E-state index is 0.0107. The van der Waals surface area contributed by atoms with Gasteiger partial charge in [-0.3, -0.25) is 10.1 Å². The fraction of sp³-hybridized carbons (Fsp3) is 0.417. The highest BCUT2D eigenvalue weighted by Gasteiger charge is 2.17. The zero-order valence-electron chi connectivity index (χ0n) is 10.2. The second kappa shape index (κ2) is 4.85. The van der Waals surface area contributed by atoms with Crippen LogP contribution in [-0.4, -0.2) is 29.7 Å². The van der Waals surface area contributed by atoms with E-state index in [1.165, 1.54) is 12.1 Å². The van der Waals surface area contributed by atoms with Gasteiger partial charge in [0.1, 0.15) is 5.52 Å². The van der Waals surface area contributed by atoms with Crippen molar-refractivity contribution in [3.05, 3.63) is 28.3 Å². The number of non-ortho nitro benzene ring substituents is 1. The molecule has 2 aromatic rings. The normalized spacial score (nSPS) is 18.8. The number of nitro groups is 1. The van der Waals surface area contributed by atoms with Crippen LogP contribution in [0.5, 0.6) is 0 Å². The van der Waals surface area contributed by atoms with Crippen molar-refractivity contribution in [2.24, 2.45) is 5.92 Å². The van der Waals surface area contributed by atoms with Crippen LogP contribution in [0.2, 0.25) is 0 Å². The molecule has 2 heterocycles. The van der Waals surface area contributed by atoms with Gasteiger partial charge in [0.15, 0.2) is 5.58 Å². The quantitative estimate of drug-likeness (QED) is 0.671. The van der Waals surface area contributed by atoms with Gasteiger partial charge in [0, 0.05) is 31.2 Å². The molecule has 1 aromatic carbocycles. The maximum atomic E-state index is 10.7. The molecule has 1 aromatic heterocycles. The monoisotopic (exact) mass is 263 g/mol. The van der Waals surface area contributed by atoms with Crippen LogP contribution in [0.15, 0.2) is 22.6 Å². The van der Waals surface area contributed by atoms with Gasteiger partial charge < -0.3 is 14.5 Å². The number of hydrogen-bond acceptors (Lipinski definition) is 6. The highest BCUT2D eigenvalue weighted by molar-refractivity contribution is 5.77. The average molecular weight is 263 g/mol. The number of nitro benzene ring substituents is 1. The summed E-state index contributed by atoms with van der Waals surface area (Å²) in [6.07, 6.45) is 1.03. The molecule has 0 amide bonds. The van der Waals surface area contributed by atoms with Crippen molar-refractivity contribution in [1.82, 2.24) is 4.98 Å². The lowest BCUT2D eigenvalue weighted by Crippen LogP contribution is -2.14. The molecule has 1 unspecified atom stereocenters. The van der Waals surface area contributed by atoms with Crippen molar-refractivity contribution in [1.29, 1.82) is 0 Å². The highest BCUT2D eigenvalue weighted by atomic mass is 16.6. The Morgan fingerprint density at radius 3 is 3.16 bits per heavy atom. The van der Waals surface area contributed by atoms with E-state index in [1.54, 1.807) is 6.07 Å². The van der Waals surface area contributed by atoms with E-state index in [9.17, 15) is 10.1 Å². The van der Waals surface area contributed by atoms with E-state index in [0.29, 0.717) is 23.0 Å². The first kappa shape index (κ1) is 11.9. The maximum absolute atomic E-state index is 10.7. The van der Waals surface area contributed by atoms with Crippen LogP contribution in [-0.2, 0) is 4.74 Å². The predicted octanol–water partition coefficient (Wildman–Crippen LogP) is 2.18. The third-order valence-corrected chi connectivity index (χ3v) is 3.15. The van der Waals surface area contributed by atoms with Crippen LogP contribution in [0.25, 0.3) is 11.1 Å². The summed E-state index contributed by atoms with van der Waals surface area (Å²) in [7, 11) is 0. The number of anilines is 1. The van der Waals surface area contributed by atoms with E-state index in [1.807, 2.05) is 0 Å². The number of fused-ring (bicyclic) bond motifs is 1.